The standard InChI is InChI=1S/C14H16N6O2/c15-11-3-1-2-4-13(11)20(16)22-14-10-5-6-19(9-21)7-12(10)17-8-18-14/h1-4,8-9H,5-7,15-16H2. The minimum Gasteiger partial charge on any atom is -0.397 e. The smallest absolute Gasteiger partial charge is 0.254 e. The fraction of sp³-hybridized carbons (Fsp3) is 0.214. The summed E-state index contributed by atoms with van der Waals surface area (Å²) in [6.07, 6.45) is 2.82. The summed E-state index contributed by atoms with van der Waals surface area (Å²) in [4.78, 5) is 26.5. The van der Waals surface area contributed by atoms with Crippen LogP contribution in [0.15, 0.2) is 30.6 Å². The number of amides is 1. The van der Waals surface area contributed by atoms with Crippen molar-refractivity contribution in [3.63, 3.8) is 0 Å². The van der Waals surface area contributed by atoms with Gasteiger partial charge >= 0.3 is 0 Å². The normalized spacial score (nSPS) is 13.4. The molecule has 1 aliphatic heterocycles. The number of hydrogen-bond donors (Lipinski definition) is 2. The summed E-state index contributed by atoms with van der Waals surface area (Å²) in [6, 6.07) is 7.10. The van der Waals surface area contributed by atoms with E-state index in [1.165, 1.54) is 6.33 Å². The molecule has 0 unspecified atom stereocenters. The van der Waals surface area contributed by atoms with Crippen molar-refractivity contribution in [2.24, 2.45) is 5.84 Å². The van der Waals surface area contributed by atoms with Gasteiger partial charge in [-0.15, -0.1) is 5.17 Å². The van der Waals surface area contributed by atoms with E-state index in [0.29, 0.717) is 36.8 Å². The van der Waals surface area contributed by atoms with E-state index in [9.17, 15) is 4.79 Å². The van der Waals surface area contributed by atoms with Gasteiger partial charge in [-0.3, -0.25) is 4.79 Å². The first-order valence-electron chi connectivity index (χ1n) is 6.78. The molecule has 2 aromatic rings. The van der Waals surface area contributed by atoms with E-state index in [4.69, 9.17) is 16.4 Å². The van der Waals surface area contributed by atoms with Gasteiger partial charge in [-0.2, -0.15) is 4.98 Å². The molecule has 3 rings (SSSR count). The molecule has 0 atom stereocenters. The van der Waals surface area contributed by atoms with Crippen LogP contribution in [-0.4, -0.2) is 27.8 Å². The van der Waals surface area contributed by atoms with Crippen molar-refractivity contribution in [2.75, 3.05) is 17.5 Å². The number of nitrogen functional groups attached to an aromatic ring is 1. The average Bonchev–Trinajstić information content (AvgIpc) is 2.55. The number of hydrazine groups is 1. The highest BCUT2D eigenvalue weighted by Gasteiger charge is 2.22. The molecule has 8 nitrogen and oxygen atoms in total. The number of anilines is 2. The lowest BCUT2D eigenvalue weighted by atomic mass is 10.1. The number of nitrogens with zero attached hydrogens (tertiary/aromatic N) is 4. The summed E-state index contributed by atoms with van der Waals surface area (Å²) in [6.45, 7) is 1.04. The van der Waals surface area contributed by atoms with Crippen LogP contribution in [0, 0.1) is 0 Å². The molecular weight excluding hydrogens is 284 g/mol. The summed E-state index contributed by atoms with van der Waals surface area (Å²) in [5.41, 5.74) is 8.53. The van der Waals surface area contributed by atoms with Crippen molar-refractivity contribution >= 4 is 17.8 Å². The van der Waals surface area contributed by atoms with Crippen LogP contribution in [0.1, 0.15) is 11.3 Å². The maximum absolute atomic E-state index is 10.9. The second kappa shape index (κ2) is 5.86. The topological polar surface area (TPSA) is 111 Å². The van der Waals surface area contributed by atoms with E-state index >= 15 is 0 Å². The van der Waals surface area contributed by atoms with E-state index in [2.05, 4.69) is 9.97 Å². The molecule has 0 aliphatic carbocycles. The van der Waals surface area contributed by atoms with E-state index in [-0.39, 0.29) is 0 Å². The summed E-state index contributed by atoms with van der Waals surface area (Å²) in [5, 5.41) is 1.09. The number of benzene rings is 1. The summed E-state index contributed by atoms with van der Waals surface area (Å²) in [5.74, 6) is 6.29. The zero-order valence-corrected chi connectivity index (χ0v) is 11.8. The fourth-order valence-corrected chi connectivity index (χ4v) is 2.34. The Kier molecular flexibility index (Phi) is 3.75. The molecule has 1 aliphatic rings. The van der Waals surface area contributed by atoms with Crippen molar-refractivity contribution in [3.05, 3.63) is 41.9 Å². The number of para-hydroxylation sites is 2. The molecule has 2 heterocycles. The lowest BCUT2D eigenvalue weighted by molar-refractivity contribution is -0.119. The van der Waals surface area contributed by atoms with E-state index in [1.807, 2.05) is 12.1 Å². The summed E-state index contributed by atoms with van der Waals surface area (Å²) >= 11 is 0. The Bertz CT molecular complexity index is 693. The first-order valence-corrected chi connectivity index (χ1v) is 6.78. The zero-order valence-electron chi connectivity index (χ0n) is 11.8. The molecule has 4 N–H and O–H groups in total. The third-order valence-corrected chi connectivity index (χ3v) is 3.51. The molecule has 114 valence electrons. The van der Waals surface area contributed by atoms with Crippen LogP contribution in [0.4, 0.5) is 11.4 Å². The van der Waals surface area contributed by atoms with Crippen LogP contribution in [0.5, 0.6) is 5.88 Å². The van der Waals surface area contributed by atoms with Crippen LogP contribution in [0.3, 0.4) is 0 Å². The van der Waals surface area contributed by atoms with Crippen LogP contribution < -0.4 is 21.6 Å². The van der Waals surface area contributed by atoms with E-state index in [1.54, 1.807) is 17.0 Å². The third-order valence-electron chi connectivity index (χ3n) is 3.51. The van der Waals surface area contributed by atoms with Crippen molar-refractivity contribution in [1.29, 1.82) is 0 Å². The van der Waals surface area contributed by atoms with Crippen molar-refractivity contribution < 1.29 is 9.63 Å². The molecule has 22 heavy (non-hydrogen) atoms. The zero-order chi connectivity index (χ0) is 15.5. The Morgan fingerprint density at radius 3 is 2.91 bits per heavy atom. The second-order valence-corrected chi connectivity index (χ2v) is 4.91. The minimum atomic E-state index is 0.376. The van der Waals surface area contributed by atoms with Gasteiger partial charge in [-0.05, 0) is 18.6 Å². The molecule has 1 aromatic heterocycles. The molecule has 1 amide bonds. The van der Waals surface area contributed by atoms with Gasteiger partial charge in [0, 0.05) is 12.1 Å². The van der Waals surface area contributed by atoms with Gasteiger partial charge in [0.15, 0.2) is 0 Å². The highest BCUT2D eigenvalue weighted by molar-refractivity contribution is 5.65. The van der Waals surface area contributed by atoms with Gasteiger partial charge in [-0.25, -0.2) is 10.8 Å². The largest absolute Gasteiger partial charge is 0.397 e. The van der Waals surface area contributed by atoms with Gasteiger partial charge in [-0.1, -0.05) is 12.1 Å². The number of carbonyl (C=O) groups is 1. The number of fused-ring (bicyclic) bond motifs is 1. The highest BCUT2D eigenvalue weighted by Crippen LogP contribution is 2.26. The Morgan fingerprint density at radius 2 is 2.14 bits per heavy atom. The minimum absolute atomic E-state index is 0.376. The predicted molar refractivity (Wildman–Crippen MR) is 80.4 cm³/mol. The molecule has 0 spiro atoms. The fourth-order valence-electron chi connectivity index (χ4n) is 2.34. The van der Waals surface area contributed by atoms with Crippen molar-refractivity contribution in [1.82, 2.24) is 14.9 Å². The molecular formula is C14H16N6O2. The SMILES string of the molecule is Nc1ccccc1N(N)Oc1ncnc2c1CCN(C=O)C2. The lowest BCUT2D eigenvalue weighted by Crippen LogP contribution is -2.37. The molecule has 0 fully saturated rings. The average molecular weight is 300 g/mol. The van der Waals surface area contributed by atoms with E-state index in [0.717, 1.165) is 22.8 Å². The van der Waals surface area contributed by atoms with E-state index < -0.39 is 0 Å². The first kappa shape index (κ1) is 14.1. The molecule has 1 aromatic carbocycles. The number of rotatable bonds is 4. The van der Waals surface area contributed by atoms with Crippen molar-refractivity contribution in [3.8, 4) is 5.88 Å². The molecule has 0 bridgehead atoms. The number of nitrogens with two attached hydrogens (primary N) is 2. The quantitative estimate of drug-likeness (QED) is 0.360. The lowest BCUT2D eigenvalue weighted by Gasteiger charge is -2.26. The van der Waals surface area contributed by atoms with Gasteiger partial charge in [0.2, 0.25) is 6.41 Å². The highest BCUT2D eigenvalue weighted by atomic mass is 16.7. The van der Waals surface area contributed by atoms with Crippen LogP contribution in [-0.2, 0) is 17.8 Å². The third kappa shape index (κ3) is 2.63. The Morgan fingerprint density at radius 1 is 1.32 bits per heavy atom. The summed E-state index contributed by atoms with van der Waals surface area (Å²) in [7, 11) is 0. The molecule has 0 radical (unpaired) electrons. The van der Waals surface area contributed by atoms with Gasteiger partial charge < -0.3 is 15.5 Å². The maximum Gasteiger partial charge on any atom is 0.254 e. The Labute approximate surface area is 127 Å². The Balaban J connectivity index is 1.85. The van der Waals surface area contributed by atoms with Crippen LogP contribution in [0.2, 0.25) is 0 Å². The number of carbonyl (C=O) groups excluding carboxylic acids is 1. The number of aromatic nitrogens is 2. The van der Waals surface area contributed by atoms with Gasteiger partial charge in [0.1, 0.15) is 12.0 Å². The first-order chi connectivity index (χ1) is 10.7. The van der Waals surface area contributed by atoms with Gasteiger partial charge in [0.05, 0.1) is 17.9 Å². The van der Waals surface area contributed by atoms with Gasteiger partial charge in [0.25, 0.3) is 5.88 Å². The second-order valence-electron chi connectivity index (χ2n) is 4.91. The Hall–Kier alpha value is -2.87. The summed E-state index contributed by atoms with van der Waals surface area (Å²) < 4.78 is 0. The van der Waals surface area contributed by atoms with Crippen molar-refractivity contribution in [2.45, 2.75) is 13.0 Å². The monoisotopic (exact) mass is 300 g/mol. The number of hydrogen-bond acceptors (Lipinski definition) is 7. The maximum atomic E-state index is 10.9. The molecule has 8 heteroatoms. The predicted octanol–water partition coefficient (Wildman–Crippen LogP) is 0.247. The van der Waals surface area contributed by atoms with Crippen LogP contribution >= 0.6 is 0 Å². The molecule has 0 saturated carbocycles. The molecule has 0 saturated heterocycles. The van der Waals surface area contributed by atoms with Crippen LogP contribution in [0.25, 0.3) is 0 Å².